The first-order chi connectivity index (χ1) is 16.8. The van der Waals surface area contributed by atoms with Crippen molar-refractivity contribution in [2.24, 2.45) is 11.0 Å². The molecule has 2 N–H and O–H groups in total. The number of nitrogens with one attached hydrogen (secondary N) is 2. The Labute approximate surface area is 221 Å². The third-order valence-corrected chi connectivity index (χ3v) is 6.23. The molecule has 0 heterocycles. The van der Waals surface area contributed by atoms with Gasteiger partial charge in [-0.15, -0.1) is 0 Å². The van der Waals surface area contributed by atoms with Gasteiger partial charge in [-0.05, 0) is 88.6 Å². The van der Waals surface area contributed by atoms with Gasteiger partial charge in [-0.3, -0.25) is 9.59 Å². The summed E-state index contributed by atoms with van der Waals surface area (Å²) in [6.45, 7) is 1.82. The van der Waals surface area contributed by atoms with Crippen LogP contribution in [0.2, 0.25) is 10.0 Å². The highest BCUT2D eigenvalue weighted by Gasteiger charge is 2.21. The third-order valence-electron chi connectivity index (χ3n) is 4.87. The summed E-state index contributed by atoms with van der Waals surface area (Å²) in [6, 6.07) is 17.5. The maximum absolute atomic E-state index is 12.3. The average Bonchev–Trinajstić information content (AvgIpc) is 2.85. The van der Waals surface area contributed by atoms with Crippen molar-refractivity contribution in [3.63, 3.8) is 0 Å². The first-order valence-electron chi connectivity index (χ1n) is 10.4. The van der Waals surface area contributed by atoms with E-state index >= 15 is 0 Å². The highest BCUT2D eigenvalue weighted by molar-refractivity contribution is 9.10. The molecule has 3 aromatic carbocycles. The molecule has 0 saturated carbocycles. The van der Waals surface area contributed by atoms with Gasteiger partial charge in [0.2, 0.25) is 5.91 Å². The molecule has 0 saturated heterocycles. The van der Waals surface area contributed by atoms with Crippen molar-refractivity contribution in [1.82, 2.24) is 5.43 Å². The number of anilines is 1. The Balaban J connectivity index is 1.51. The normalized spacial score (nSPS) is 11.7. The number of hydrogen-bond donors (Lipinski definition) is 2. The number of carbonyl (C=O) groups is 2. The van der Waals surface area contributed by atoms with Gasteiger partial charge in [-0.2, -0.15) is 5.10 Å². The SMILES string of the molecule is COc1ccc(NC(=O)C(C)C(=O)NN=Cc2ccc(OCc3ccc(Cl)c(Cl)c3)c(Br)c2)cc1. The van der Waals surface area contributed by atoms with Crippen LogP contribution < -0.4 is 20.2 Å². The van der Waals surface area contributed by atoms with Crippen LogP contribution in [-0.4, -0.2) is 25.1 Å². The van der Waals surface area contributed by atoms with Gasteiger partial charge in [0, 0.05) is 5.69 Å². The highest BCUT2D eigenvalue weighted by Crippen LogP contribution is 2.28. The lowest BCUT2D eigenvalue weighted by Gasteiger charge is -2.11. The van der Waals surface area contributed by atoms with E-state index in [1.165, 1.54) is 13.1 Å². The zero-order valence-electron chi connectivity index (χ0n) is 18.8. The van der Waals surface area contributed by atoms with Gasteiger partial charge >= 0.3 is 0 Å². The van der Waals surface area contributed by atoms with Gasteiger partial charge in [0.05, 0.1) is 27.8 Å². The fourth-order valence-electron chi connectivity index (χ4n) is 2.82. The first kappa shape index (κ1) is 26.5. The Morgan fingerprint density at radius 1 is 1.03 bits per heavy atom. The molecule has 0 aliphatic heterocycles. The molecule has 0 spiro atoms. The number of hydrogen-bond acceptors (Lipinski definition) is 5. The standard InChI is InChI=1S/C25H22BrCl2N3O4/c1-15(24(32)30-18-5-7-19(34-2)8-6-18)25(33)31-29-13-16-4-10-23(20(26)11-16)35-14-17-3-9-21(27)22(28)12-17/h3-13,15H,14H2,1-2H3,(H,30,32)(H,31,33). The van der Waals surface area contributed by atoms with Crippen LogP contribution in [0.1, 0.15) is 18.1 Å². The Morgan fingerprint density at radius 2 is 1.77 bits per heavy atom. The van der Waals surface area contributed by atoms with Crippen LogP contribution in [0.25, 0.3) is 0 Å². The van der Waals surface area contributed by atoms with E-state index in [-0.39, 0.29) is 0 Å². The van der Waals surface area contributed by atoms with E-state index in [1.54, 1.807) is 61.7 Å². The summed E-state index contributed by atoms with van der Waals surface area (Å²) in [5, 5.41) is 7.58. The highest BCUT2D eigenvalue weighted by atomic mass is 79.9. The molecule has 35 heavy (non-hydrogen) atoms. The van der Waals surface area contributed by atoms with Crippen molar-refractivity contribution in [3.05, 3.63) is 86.3 Å². The predicted molar refractivity (Wildman–Crippen MR) is 141 cm³/mol. The Morgan fingerprint density at radius 3 is 2.43 bits per heavy atom. The van der Waals surface area contributed by atoms with Crippen LogP contribution in [0.5, 0.6) is 11.5 Å². The van der Waals surface area contributed by atoms with Crippen molar-refractivity contribution in [2.75, 3.05) is 12.4 Å². The van der Waals surface area contributed by atoms with E-state index in [4.69, 9.17) is 32.7 Å². The molecule has 0 bridgehead atoms. The van der Waals surface area contributed by atoms with Crippen LogP contribution in [0.4, 0.5) is 5.69 Å². The van der Waals surface area contributed by atoms with Gasteiger partial charge in [0.1, 0.15) is 24.0 Å². The number of nitrogens with zero attached hydrogens (tertiary/aromatic N) is 1. The monoisotopic (exact) mass is 577 g/mol. The molecule has 10 heteroatoms. The molecule has 0 aromatic heterocycles. The second-order valence-corrected chi connectivity index (χ2v) is 9.07. The summed E-state index contributed by atoms with van der Waals surface area (Å²) in [5.41, 5.74) is 4.54. The second-order valence-electron chi connectivity index (χ2n) is 7.40. The van der Waals surface area contributed by atoms with Gasteiger partial charge < -0.3 is 14.8 Å². The molecule has 0 aliphatic carbocycles. The molecule has 2 amide bonds. The van der Waals surface area contributed by atoms with Crippen LogP contribution in [-0.2, 0) is 16.2 Å². The number of ether oxygens (including phenoxy) is 2. The quantitative estimate of drug-likeness (QED) is 0.183. The molecule has 3 aromatic rings. The molecule has 0 fully saturated rings. The summed E-state index contributed by atoms with van der Waals surface area (Å²) >= 11 is 15.4. The van der Waals surface area contributed by atoms with E-state index in [9.17, 15) is 9.59 Å². The molecule has 182 valence electrons. The lowest BCUT2D eigenvalue weighted by molar-refractivity contribution is -0.131. The van der Waals surface area contributed by atoms with Crippen molar-refractivity contribution >= 4 is 62.8 Å². The molecule has 7 nitrogen and oxygen atoms in total. The Kier molecular flexibility index (Phi) is 9.54. The van der Waals surface area contributed by atoms with Gasteiger partial charge in [0.25, 0.3) is 5.91 Å². The molecule has 0 radical (unpaired) electrons. The second kappa shape index (κ2) is 12.6. The fourth-order valence-corrected chi connectivity index (χ4v) is 3.65. The summed E-state index contributed by atoms with van der Waals surface area (Å²) < 4.78 is 11.6. The van der Waals surface area contributed by atoms with Gasteiger partial charge in [-0.25, -0.2) is 5.43 Å². The molecular formula is C25H22BrCl2N3O4. The fraction of sp³-hybridized carbons (Fsp3) is 0.160. The van der Waals surface area contributed by atoms with E-state index in [0.29, 0.717) is 38.3 Å². The van der Waals surface area contributed by atoms with Crippen molar-refractivity contribution in [3.8, 4) is 11.5 Å². The van der Waals surface area contributed by atoms with Crippen LogP contribution >= 0.6 is 39.1 Å². The topological polar surface area (TPSA) is 89.0 Å². The summed E-state index contributed by atoms with van der Waals surface area (Å²) in [4.78, 5) is 24.6. The lowest BCUT2D eigenvalue weighted by atomic mass is 10.1. The maximum atomic E-state index is 12.3. The van der Waals surface area contributed by atoms with E-state index in [2.05, 4.69) is 31.8 Å². The number of methoxy groups -OCH3 is 1. The van der Waals surface area contributed by atoms with E-state index < -0.39 is 17.7 Å². The van der Waals surface area contributed by atoms with Crippen LogP contribution in [0.15, 0.2) is 70.2 Å². The number of halogens is 3. The van der Waals surface area contributed by atoms with E-state index in [0.717, 1.165) is 11.1 Å². The number of carbonyl (C=O) groups excluding carboxylic acids is 2. The maximum Gasteiger partial charge on any atom is 0.252 e. The Hall–Kier alpha value is -3.07. The zero-order chi connectivity index (χ0) is 25.4. The molecule has 1 unspecified atom stereocenters. The number of rotatable bonds is 9. The lowest BCUT2D eigenvalue weighted by Crippen LogP contribution is -2.34. The smallest absolute Gasteiger partial charge is 0.252 e. The van der Waals surface area contributed by atoms with Crippen molar-refractivity contribution < 1.29 is 19.1 Å². The van der Waals surface area contributed by atoms with E-state index in [1.807, 2.05) is 6.07 Å². The largest absolute Gasteiger partial charge is 0.497 e. The van der Waals surface area contributed by atoms with Crippen molar-refractivity contribution in [1.29, 1.82) is 0 Å². The van der Waals surface area contributed by atoms with Gasteiger partial charge in [0.15, 0.2) is 0 Å². The minimum absolute atomic E-state index is 0.315. The summed E-state index contributed by atoms with van der Waals surface area (Å²) in [5.74, 6) is -0.637. The van der Waals surface area contributed by atoms with Crippen LogP contribution in [0, 0.1) is 5.92 Å². The number of amides is 2. The van der Waals surface area contributed by atoms with Crippen molar-refractivity contribution in [2.45, 2.75) is 13.5 Å². The Bertz CT molecular complexity index is 1240. The summed E-state index contributed by atoms with van der Waals surface area (Å²) in [6.07, 6.45) is 1.47. The summed E-state index contributed by atoms with van der Waals surface area (Å²) in [7, 11) is 1.56. The molecule has 0 aliphatic rings. The minimum Gasteiger partial charge on any atom is -0.497 e. The first-order valence-corrected chi connectivity index (χ1v) is 12.0. The van der Waals surface area contributed by atoms with Crippen LogP contribution in [0.3, 0.4) is 0 Å². The minimum atomic E-state index is -0.946. The number of benzene rings is 3. The predicted octanol–water partition coefficient (Wildman–Crippen LogP) is 6.07. The third kappa shape index (κ3) is 7.71. The molecule has 3 rings (SSSR count). The molecule has 1 atom stereocenters. The molecular weight excluding hydrogens is 557 g/mol. The van der Waals surface area contributed by atoms with Gasteiger partial charge in [-0.1, -0.05) is 29.3 Å². The average molecular weight is 579 g/mol. The number of hydrazone groups is 1. The zero-order valence-corrected chi connectivity index (χ0v) is 21.9.